The summed E-state index contributed by atoms with van der Waals surface area (Å²) in [5.41, 5.74) is 15.9. The van der Waals surface area contributed by atoms with Crippen LogP contribution in [0.4, 0.5) is 17.8 Å². The van der Waals surface area contributed by atoms with Crippen LogP contribution in [0.25, 0.3) is 0 Å². The minimum atomic E-state index is -0.704. The van der Waals surface area contributed by atoms with Crippen molar-refractivity contribution in [3.05, 3.63) is 83.4 Å². The maximum Gasteiger partial charge on any atom is 0.247 e. The second-order valence-electron chi connectivity index (χ2n) is 19.8. The second-order valence-corrected chi connectivity index (χ2v) is 19.8. The number of phenolic OH excluding ortho intramolecular Hbond substituents is 2. The molecule has 2 fully saturated rings. The van der Waals surface area contributed by atoms with Crippen molar-refractivity contribution in [2.24, 2.45) is 23.3 Å². The molecule has 0 spiro atoms. The van der Waals surface area contributed by atoms with E-state index >= 15 is 0 Å². The number of terminal acetylenes is 1. The zero-order valence-electron chi connectivity index (χ0n) is 44.1. The Morgan fingerprint density at radius 1 is 0.632 bits per heavy atom. The quantitative estimate of drug-likeness (QED) is 0.0372. The minimum Gasteiger partial charge on any atom is -0.508 e. The van der Waals surface area contributed by atoms with E-state index in [-0.39, 0.29) is 54.4 Å². The van der Waals surface area contributed by atoms with Crippen molar-refractivity contribution >= 4 is 42.1 Å². The van der Waals surface area contributed by atoms with E-state index in [4.69, 9.17) is 47.1 Å². The second kappa shape index (κ2) is 29.0. The van der Waals surface area contributed by atoms with Gasteiger partial charge in [0.05, 0.1) is 68.9 Å². The highest BCUT2D eigenvalue weighted by Crippen LogP contribution is 2.27. The Balaban J connectivity index is 0.00000937. The van der Waals surface area contributed by atoms with Crippen LogP contribution < -0.4 is 26.6 Å². The topological polar surface area (TPSA) is 279 Å². The molecular formula is C52H75ClN16O7. The standard InChI is InChI=1S/C52H74N16O7.ClH/c1-6-24-73-26-28-75-29-27-74-25-15-55-50-56-51(65-20-16-63(17-21-65)48(71)46(32-38-7-11-40(69)12-8-38)67-34-44(59-61-67)42(53)30-36(2)3)58-52(57-50)66-22-18-64(19-23-66)49(72)47(33-39-9-13-41(70)14-10-39)68-35-45(60-62-68)43(54)31-37(4)5;/h1,7-14,34-37,42-43,46-47,69-70H,15-33,53-54H2,2-5H3,(H,55,56,57,58);1H/t42-,43-,46-,47-;/m0./s1. The molecule has 0 bridgehead atoms. The lowest BCUT2D eigenvalue weighted by Gasteiger charge is -2.38. The van der Waals surface area contributed by atoms with Gasteiger partial charge < -0.3 is 60.8 Å². The third-order valence-electron chi connectivity index (χ3n) is 13.0. The zero-order valence-corrected chi connectivity index (χ0v) is 44.9. The maximum absolute atomic E-state index is 14.5. The summed E-state index contributed by atoms with van der Waals surface area (Å²) in [4.78, 5) is 51.5. The van der Waals surface area contributed by atoms with Gasteiger partial charge in [-0.15, -0.1) is 29.0 Å². The number of phenols is 2. The average molecular weight is 1070 g/mol. The van der Waals surface area contributed by atoms with Crippen molar-refractivity contribution in [3.8, 4) is 23.8 Å². The number of ether oxygens (including phenoxy) is 3. The molecule has 0 radical (unpaired) electrons. The van der Waals surface area contributed by atoms with Gasteiger partial charge in [-0.05, 0) is 60.1 Å². The first-order chi connectivity index (χ1) is 36.2. The smallest absolute Gasteiger partial charge is 0.247 e. The fourth-order valence-corrected chi connectivity index (χ4v) is 8.98. The van der Waals surface area contributed by atoms with Crippen LogP contribution in [-0.2, 0) is 36.6 Å². The molecule has 76 heavy (non-hydrogen) atoms. The Kier molecular flexibility index (Phi) is 22.4. The highest BCUT2D eigenvalue weighted by atomic mass is 35.5. The van der Waals surface area contributed by atoms with E-state index in [0.717, 1.165) is 24.0 Å². The molecule has 4 atom stereocenters. The first-order valence-corrected chi connectivity index (χ1v) is 25.9. The zero-order chi connectivity index (χ0) is 53.3. The first kappa shape index (κ1) is 58.6. The number of anilines is 3. The van der Waals surface area contributed by atoms with Crippen LogP contribution in [-0.4, -0.2) is 175 Å². The molecule has 2 aliphatic heterocycles. The molecule has 2 aromatic carbocycles. The highest BCUT2D eigenvalue weighted by molar-refractivity contribution is 5.85. The van der Waals surface area contributed by atoms with Crippen molar-refractivity contribution in [1.29, 1.82) is 0 Å². The molecule has 0 unspecified atom stereocenters. The lowest BCUT2D eigenvalue weighted by atomic mass is 10.0. The SMILES string of the molecule is C#CCOCCOCCOCCNc1nc(N2CCN(C(=O)[C@H](Cc3ccc(O)cc3)n3cc([C@@H](N)CC(C)C)nn3)CC2)nc(N2CCN(C(=O)[C@H](Cc3ccc(O)cc3)n3cc([C@@H](N)CC(C)C)nn3)CC2)n1.Cl. The number of carbonyl (C=O) groups is 2. The molecule has 2 saturated heterocycles. The normalized spacial score (nSPS) is 15.6. The molecule has 5 aromatic rings. The molecule has 7 rings (SSSR count). The van der Waals surface area contributed by atoms with Crippen LogP contribution >= 0.6 is 12.4 Å². The molecule has 0 aliphatic carbocycles. The number of aromatic nitrogens is 9. The van der Waals surface area contributed by atoms with Crippen LogP contribution in [0.1, 0.15) is 87.2 Å². The molecule has 7 N–H and O–H groups in total. The molecule has 3 aromatic heterocycles. The van der Waals surface area contributed by atoms with Gasteiger partial charge in [0.25, 0.3) is 0 Å². The molecule has 2 amide bonds. The van der Waals surface area contributed by atoms with Gasteiger partial charge in [0.1, 0.15) is 30.2 Å². The summed E-state index contributed by atoms with van der Waals surface area (Å²) in [7, 11) is 0. The summed E-state index contributed by atoms with van der Waals surface area (Å²) >= 11 is 0. The van der Waals surface area contributed by atoms with E-state index in [1.807, 2.05) is 19.6 Å². The largest absolute Gasteiger partial charge is 0.508 e. The van der Waals surface area contributed by atoms with Crippen molar-refractivity contribution in [3.63, 3.8) is 0 Å². The van der Waals surface area contributed by atoms with E-state index in [2.05, 4.69) is 59.6 Å². The third kappa shape index (κ3) is 16.9. The number of rotatable bonds is 27. The van der Waals surface area contributed by atoms with Crippen molar-refractivity contribution in [2.45, 2.75) is 77.5 Å². The number of hydrogen-bond donors (Lipinski definition) is 5. The lowest BCUT2D eigenvalue weighted by molar-refractivity contribution is -0.136. The predicted octanol–water partition coefficient (Wildman–Crippen LogP) is 3.34. The molecular weight excluding hydrogens is 996 g/mol. The Morgan fingerprint density at radius 2 is 1.04 bits per heavy atom. The number of nitrogens with one attached hydrogen (secondary N) is 1. The Bertz CT molecular complexity index is 2440. The Labute approximate surface area is 451 Å². The van der Waals surface area contributed by atoms with Gasteiger partial charge in [-0.25, -0.2) is 9.36 Å². The molecule has 412 valence electrons. The first-order valence-electron chi connectivity index (χ1n) is 25.9. The number of aromatic hydroxyl groups is 2. The van der Waals surface area contributed by atoms with E-state index in [9.17, 15) is 19.8 Å². The summed E-state index contributed by atoms with van der Waals surface area (Å²) in [5.74, 6) is 4.43. The summed E-state index contributed by atoms with van der Waals surface area (Å²) in [6, 6.07) is 11.6. The van der Waals surface area contributed by atoms with Crippen LogP contribution in [0.2, 0.25) is 0 Å². The number of nitrogens with zero attached hydrogens (tertiary/aromatic N) is 13. The van der Waals surface area contributed by atoms with Gasteiger partial charge in [0.15, 0.2) is 0 Å². The summed E-state index contributed by atoms with van der Waals surface area (Å²) in [6.45, 7) is 14.3. The lowest BCUT2D eigenvalue weighted by Crippen LogP contribution is -2.52. The molecule has 5 heterocycles. The maximum atomic E-state index is 14.5. The number of piperazine rings is 2. The number of amides is 2. The van der Waals surface area contributed by atoms with Crippen LogP contribution in [0, 0.1) is 24.2 Å². The van der Waals surface area contributed by atoms with Gasteiger partial charge in [0, 0.05) is 71.7 Å². The van der Waals surface area contributed by atoms with Crippen molar-refractivity contribution in [1.82, 2.24) is 54.7 Å². The summed E-state index contributed by atoms with van der Waals surface area (Å²) < 4.78 is 19.8. The molecule has 2 aliphatic rings. The van der Waals surface area contributed by atoms with E-state index in [1.165, 1.54) is 0 Å². The molecule has 24 heteroatoms. The van der Waals surface area contributed by atoms with Gasteiger partial charge in [0.2, 0.25) is 29.7 Å². The van der Waals surface area contributed by atoms with Gasteiger partial charge in [-0.2, -0.15) is 15.0 Å². The minimum absolute atomic E-state index is 0. The number of benzene rings is 2. The van der Waals surface area contributed by atoms with Gasteiger partial charge in [-0.1, -0.05) is 68.3 Å². The monoisotopic (exact) mass is 1070 g/mol. The van der Waals surface area contributed by atoms with Crippen LogP contribution in [0.3, 0.4) is 0 Å². The summed E-state index contributed by atoms with van der Waals surface area (Å²) in [5, 5.41) is 40.8. The third-order valence-corrected chi connectivity index (χ3v) is 13.0. The fraction of sp³-hybridized carbons (Fsp3) is 0.558. The van der Waals surface area contributed by atoms with E-state index < -0.39 is 12.1 Å². The number of halogens is 1. The van der Waals surface area contributed by atoms with Crippen molar-refractivity contribution in [2.75, 3.05) is 114 Å². The highest BCUT2D eigenvalue weighted by Gasteiger charge is 2.34. The number of carbonyl (C=O) groups excluding carboxylic acids is 2. The van der Waals surface area contributed by atoms with Gasteiger partial charge >= 0.3 is 0 Å². The fourth-order valence-electron chi connectivity index (χ4n) is 8.98. The Hall–Kier alpha value is -6.68. The predicted molar refractivity (Wildman–Crippen MR) is 289 cm³/mol. The van der Waals surface area contributed by atoms with E-state index in [0.29, 0.717) is 146 Å². The summed E-state index contributed by atoms with van der Waals surface area (Å²) in [6.07, 6.45) is 10.9. The average Bonchev–Trinajstić information content (AvgIpc) is 4.11. The van der Waals surface area contributed by atoms with Crippen molar-refractivity contribution < 1.29 is 34.0 Å². The van der Waals surface area contributed by atoms with Crippen LogP contribution in [0.5, 0.6) is 11.5 Å². The van der Waals surface area contributed by atoms with E-state index in [1.54, 1.807) is 70.3 Å². The van der Waals surface area contributed by atoms with Crippen LogP contribution in [0.15, 0.2) is 60.9 Å². The Morgan fingerprint density at radius 3 is 1.45 bits per heavy atom. The molecule has 0 saturated carbocycles. The van der Waals surface area contributed by atoms with Gasteiger partial charge in [-0.3, -0.25) is 9.59 Å². The number of hydrogen-bond acceptors (Lipinski definition) is 19. The molecule has 23 nitrogen and oxygen atoms in total. The number of nitrogens with two attached hydrogens (primary N) is 2.